The zero-order valence-corrected chi connectivity index (χ0v) is 25.1. The molecule has 0 spiro atoms. The summed E-state index contributed by atoms with van der Waals surface area (Å²) in [5.74, 6) is -1.32. The van der Waals surface area contributed by atoms with Gasteiger partial charge in [-0.2, -0.15) is 15.4 Å². The van der Waals surface area contributed by atoms with Crippen molar-refractivity contribution in [2.75, 3.05) is 11.5 Å². The lowest BCUT2D eigenvalue weighted by atomic mass is 9.97. The highest BCUT2D eigenvalue weighted by Crippen LogP contribution is 2.42. The molecule has 4 atom stereocenters. The molecule has 0 aliphatic carbocycles. The fourth-order valence-electron chi connectivity index (χ4n) is 5.70. The fourth-order valence-corrected chi connectivity index (χ4v) is 6.67. The summed E-state index contributed by atoms with van der Waals surface area (Å²) in [6, 6.07) is 10.5. The second kappa shape index (κ2) is 12.4. The molecule has 12 nitrogen and oxygen atoms in total. The van der Waals surface area contributed by atoms with E-state index in [9.17, 15) is 19.2 Å². The number of aromatic amines is 1. The van der Waals surface area contributed by atoms with Crippen LogP contribution in [-0.2, 0) is 38.6 Å². The number of anilines is 1. The Bertz CT molecular complexity index is 1700. The lowest BCUT2D eigenvalue weighted by Gasteiger charge is -2.29. The number of nitrogens with one attached hydrogen (secondary N) is 4. The summed E-state index contributed by atoms with van der Waals surface area (Å²) in [7, 11) is 0. The predicted molar refractivity (Wildman–Crippen MR) is 164 cm³/mol. The summed E-state index contributed by atoms with van der Waals surface area (Å²) in [5.41, 5.74) is 2.78. The fraction of sp³-hybridized carbons (Fsp3) is 0.355. The number of thiophene rings is 1. The Morgan fingerprint density at radius 3 is 2.82 bits per heavy atom. The Labute approximate surface area is 257 Å². The summed E-state index contributed by atoms with van der Waals surface area (Å²) in [4.78, 5) is 55.7. The number of H-pyrrole nitrogens is 1. The molecule has 0 fully saturated rings. The van der Waals surface area contributed by atoms with Crippen LogP contribution in [0.1, 0.15) is 37.1 Å². The Hall–Kier alpha value is -4.78. The van der Waals surface area contributed by atoms with Crippen molar-refractivity contribution in [1.82, 2.24) is 31.4 Å². The first kappa shape index (κ1) is 29.3. The molecule has 0 saturated heterocycles. The molecule has 0 unspecified atom stereocenters. The molecular formula is C31H33N7O5S. The Kier molecular flexibility index (Phi) is 8.29. The summed E-state index contributed by atoms with van der Waals surface area (Å²) in [6.07, 6.45) is 2.57. The van der Waals surface area contributed by atoms with Crippen LogP contribution in [0.2, 0.25) is 0 Å². The van der Waals surface area contributed by atoms with Crippen molar-refractivity contribution in [3.05, 3.63) is 70.9 Å². The number of ether oxygens (including phenoxy) is 1. The van der Waals surface area contributed by atoms with Gasteiger partial charge in [0, 0.05) is 11.1 Å². The van der Waals surface area contributed by atoms with Gasteiger partial charge in [0.05, 0.1) is 24.8 Å². The van der Waals surface area contributed by atoms with Gasteiger partial charge in [-0.05, 0) is 39.9 Å². The van der Waals surface area contributed by atoms with Crippen LogP contribution < -0.4 is 25.6 Å². The zero-order valence-electron chi connectivity index (χ0n) is 24.3. The highest BCUT2D eigenvalue weighted by atomic mass is 32.1. The van der Waals surface area contributed by atoms with Gasteiger partial charge in [-0.1, -0.05) is 50.6 Å². The largest absolute Gasteiger partial charge is 0.489 e. The number of carbonyl (C=O) groups excluding carboxylic acids is 4. The molecule has 44 heavy (non-hydrogen) atoms. The molecule has 2 aromatic carbocycles. The second-order valence-corrected chi connectivity index (χ2v) is 12.0. The molecule has 0 bridgehead atoms. The number of hydrogen-bond donors (Lipinski definition) is 4. The van der Waals surface area contributed by atoms with Gasteiger partial charge in [0.25, 0.3) is 5.91 Å². The number of rotatable bonds is 10. The summed E-state index contributed by atoms with van der Waals surface area (Å²) >= 11 is 1.57. The Morgan fingerprint density at radius 2 is 2.02 bits per heavy atom. The van der Waals surface area contributed by atoms with Crippen molar-refractivity contribution in [2.45, 2.75) is 57.8 Å². The molecule has 2 aliphatic rings. The number of hydrogen-bond acceptors (Lipinski definition) is 8. The summed E-state index contributed by atoms with van der Waals surface area (Å²) in [6.45, 7) is 3.85. The monoisotopic (exact) mass is 615 g/mol. The van der Waals surface area contributed by atoms with E-state index in [1.54, 1.807) is 17.4 Å². The molecular weight excluding hydrogens is 582 g/mol. The summed E-state index contributed by atoms with van der Waals surface area (Å²) < 4.78 is 7.10. The van der Waals surface area contributed by atoms with Crippen molar-refractivity contribution >= 4 is 50.7 Å². The maximum Gasteiger partial charge on any atom is 0.253 e. The second-order valence-electron chi connectivity index (χ2n) is 11.1. The predicted octanol–water partition coefficient (Wildman–Crippen LogP) is 2.24. The first-order chi connectivity index (χ1) is 21.3. The quantitative estimate of drug-likeness (QED) is 0.213. The lowest BCUT2D eigenvalue weighted by Crippen LogP contribution is -2.59. The number of fused-ring (bicyclic) bond motifs is 1. The maximum absolute atomic E-state index is 14.0. The number of carbonyl (C=O) groups is 4. The van der Waals surface area contributed by atoms with Gasteiger partial charge < -0.3 is 20.7 Å². The molecule has 4 amide bonds. The zero-order chi connectivity index (χ0) is 30.8. The van der Waals surface area contributed by atoms with E-state index in [0.717, 1.165) is 21.2 Å². The van der Waals surface area contributed by atoms with E-state index in [4.69, 9.17) is 4.74 Å². The SMILES string of the molecule is CC[C@H](C)[C@H](NC(=O)Cc1csc2ccccc12)C(=O)N[C@H]1COc2cccc3c2N(C1=O)[C@H](C(=O)NCc1cn[nH]n1)C3. The third kappa shape index (κ3) is 5.74. The van der Waals surface area contributed by atoms with E-state index in [1.807, 2.05) is 55.6 Å². The van der Waals surface area contributed by atoms with Gasteiger partial charge in [-0.3, -0.25) is 24.1 Å². The molecule has 4 N–H and O–H groups in total. The van der Waals surface area contributed by atoms with Gasteiger partial charge in [0.15, 0.2) is 0 Å². The van der Waals surface area contributed by atoms with Crippen molar-refractivity contribution in [2.24, 2.45) is 5.92 Å². The maximum atomic E-state index is 14.0. The van der Waals surface area contributed by atoms with Crippen LogP contribution in [0.5, 0.6) is 5.75 Å². The van der Waals surface area contributed by atoms with Crippen LogP contribution in [0.4, 0.5) is 5.69 Å². The van der Waals surface area contributed by atoms with E-state index < -0.39 is 29.9 Å². The van der Waals surface area contributed by atoms with Gasteiger partial charge >= 0.3 is 0 Å². The van der Waals surface area contributed by atoms with Crippen molar-refractivity contribution in [1.29, 1.82) is 0 Å². The minimum Gasteiger partial charge on any atom is -0.489 e. The smallest absolute Gasteiger partial charge is 0.253 e. The van der Waals surface area contributed by atoms with Crippen LogP contribution in [0.15, 0.2) is 54.0 Å². The average Bonchev–Trinajstić information content (AvgIpc) is 3.77. The minimum absolute atomic E-state index is 0.118. The molecule has 0 radical (unpaired) electrons. The molecule has 2 aromatic heterocycles. The number of benzene rings is 2. The third-order valence-corrected chi connectivity index (χ3v) is 9.25. The van der Waals surface area contributed by atoms with E-state index in [1.165, 1.54) is 11.1 Å². The average molecular weight is 616 g/mol. The van der Waals surface area contributed by atoms with Gasteiger partial charge in [-0.25, -0.2) is 0 Å². The number of aromatic nitrogens is 3. The molecule has 4 aromatic rings. The Balaban J connectivity index is 1.18. The molecule has 4 heterocycles. The van der Waals surface area contributed by atoms with Crippen LogP contribution in [-0.4, -0.2) is 63.8 Å². The Morgan fingerprint density at radius 1 is 1.18 bits per heavy atom. The van der Waals surface area contributed by atoms with Crippen LogP contribution in [0.25, 0.3) is 10.1 Å². The highest BCUT2D eigenvalue weighted by Gasteiger charge is 2.45. The highest BCUT2D eigenvalue weighted by molar-refractivity contribution is 7.17. The lowest BCUT2D eigenvalue weighted by molar-refractivity contribution is -0.133. The van der Waals surface area contributed by atoms with Crippen LogP contribution in [0, 0.1) is 5.92 Å². The van der Waals surface area contributed by atoms with Crippen molar-refractivity contribution in [3.8, 4) is 5.75 Å². The topological polar surface area (TPSA) is 158 Å². The number of para-hydroxylation sites is 1. The molecule has 6 rings (SSSR count). The van der Waals surface area contributed by atoms with Crippen LogP contribution >= 0.6 is 11.3 Å². The van der Waals surface area contributed by atoms with E-state index in [0.29, 0.717) is 30.0 Å². The molecule has 13 heteroatoms. The van der Waals surface area contributed by atoms with Crippen LogP contribution in [0.3, 0.4) is 0 Å². The third-order valence-electron chi connectivity index (χ3n) is 8.24. The van der Waals surface area contributed by atoms with E-state index in [-0.39, 0.29) is 37.3 Å². The number of nitrogens with zero attached hydrogens (tertiary/aromatic N) is 3. The van der Waals surface area contributed by atoms with Gasteiger partial charge in [0.2, 0.25) is 17.7 Å². The normalized spacial score (nSPS) is 18.6. The standard InChI is InChI=1S/C31H33N7O5S/c1-3-17(2)27(35-26(39)12-19-16-44-25-10-5-4-8-21(19)25)30(41)34-22-15-43-24-9-6-7-18-11-23(38(28(18)24)31(22)42)29(40)32-13-20-14-33-37-36-20/h4-10,14,16-17,22-23,27H,3,11-13,15H2,1-2H3,(H,32,40)(H,34,41)(H,35,39)(H,33,36,37)/t17-,22-,23-,27-/m0/s1. The number of amides is 4. The first-order valence-electron chi connectivity index (χ1n) is 14.6. The van der Waals surface area contributed by atoms with E-state index in [2.05, 4.69) is 31.4 Å². The molecule has 2 aliphatic heterocycles. The van der Waals surface area contributed by atoms with Gasteiger partial charge in [0.1, 0.15) is 36.2 Å². The summed E-state index contributed by atoms with van der Waals surface area (Å²) in [5, 5.41) is 21.8. The van der Waals surface area contributed by atoms with Crippen molar-refractivity contribution < 1.29 is 23.9 Å². The molecule has 228 valence electrons. The first-order valence-corrected chi connectivity index (χ1v) is 15.5. The van der Waals surface area contributed by atoms with Crippen molar-refractivity contribution in [3.63, 3.8) is 0 Å². The van der Waals surface area contributed by atoms with E-state index >= 15 is 0 Å². The van der Waals surface area contributed by atoms with Gasteiger partial charge in [-0.15, -0.1) is 11.3 Å². The molecule has 0 saturated carbocycles. The minimum atomic E-state index is -1.07.